The predicted molar refractivity (Wildman–Crippen MR) is 51.6 cm³/mol. The lowest BCUT2D eigenvalue weighted by molar-refractivity contribution is -0.0208. The van der Waals surface area contributed by atoms with Gasteiger partial charge in [-0.3, -0.25) is 0 Å². The lowest BCUT2D eigenvalue weighted by Crippen LogP contribution is -2.57. The molecule has 1 aliphatic rings. The first-order valence-corrected chi connectivity index (χ1v) is 4.81. The van der Waals surface area contributed by atoms with Crippen molar-refractivity contribution in [3.8, 4) is 0 Å². The molecule has 1 rings (SSSR count). The summed E-state index contributed by atoms with van der Waals surface area (Å²) in [5.74, 6) is 0.604. The number of likely N-dealkylation sites (tertiary alicyclic amines) is 1. The van der Waals surface area contributed by atoms with Crippen LogP contribution in [-0.4, -0.2) is 29.2 Å². The van der Waals surface area contributed by atoms with Crippen molar-refractivity contribution in [2.75, 3.05) is 6.54 Å². The fourth-order valence-corrected chi connectivity index (χ4v) is 1.36. The molecule has 76 valence electrons. The number of rotatable bonds is 0. The highest BCUT2D eigenvalue weighted by atomic mass is 16.6. The lowest BCUT2D eigenvalue weighted by atomic mass is 9.93. The predicted octanol–water partition coefficient (Wildman–Crippen LogP) is 2.26. The third-order valence-electron chi connectivity index (χ3n) is 2.43. The maximum Gasteiger partial charge on any atom is 0.410 e. The van der Waals surface area contributed by atoms with Crippen LogP contribution < -0.4 is 0 Å². The van der Waals surface area contributed by atoms with Crippen LogP contribution in [0.15, 0.2) is 0 Å². The van der Waals surface area contributed by atoms with E-state index in [4.69, 9.17) is 4.74 Å². The van der Waals surface area contributed by atoms with Crippen LogP contribution in [0.3, 0.4) is 0 Å². The Morgan fingerprint density at radius 1 is 1.38 bits per heavy atom. The van der Waals surface area contributed by atoms with E-state index in [0.29, 0.717) is 12.0 Å². The Morgan fingerprint density at radius 2 is 1.92 bits per heavy atom. The van der Waals surface area contributed by atoms with Gasteiger partial charge in [-0.15, -0.1) is 0 Å². The fraction of sp³-hybridized carbons (Fsp3) is 0.900. The van der Waals surface area contributed by atoms with Crippen molar-refractivity contribution in [1.82, 2.24) is 4.90 Å². The van der Waals surface area contributed by atoms with Crippen LogP contribution in [0.5, 0.6) is 0 Å². The summed E-state index contributed by atoms with van der Waals surface area (Å²) in [6, 6.07) is 0.329. The van der Waals surface area contributed by atoms with Gasteiger partial charge in [0.25, 0.3) is 0 Å². The van der Waals surface area contributed by atoms with E-state index in [2.05, 4.69) is 13.8 Å². The molecule has 0 N–H and O–H groups in total. The minimum absolute atomic E-state index is 0.182. The number of hydrogen-bond acceptors (Lipinski definition) is 2. The molecule has 3 nitrogen and oxygen atoms in total. The Bertz CT molecular complexity index is 207. The molecule has 1 amide bonds. The second kappa shape index (κ2) is 3.20. The number of carbonyl (C=O) groups is 1. The van der Waals surface area contributed by atoms with E-state index < -0.39 is 0 Å². The molecule has 1 aliphatic heterocycles. The zero-order valence-corrected chi connectivity index (χ0v) is 9.13. The molecular formula is C10H19NO2. The smallest absolute Gasteiger partial charge is 0.410 e. The van der Waals surface area contributed by atoms with Crippen molar-refractivity contribution in [3.05, 3.63) is 0 Å². The van der Waals surface area contributed by atoms with Gasteiger partial charge in [-0.05, 0) is 33.6 Å². The minimum Gasteiger partial charge on any atom is -0.444 e. The normalized spacial score (nSPS) is 28.2. The molecule has 0 aromatic carbocycles. The quantitative estimate of drug-likeness (QED) is 0.579. The number of amides is 1. The molecule has 0 aromatic rings. The Hall–Kier alpha value is -0.730. The standard InChI is InChI=1S/C10H19NO2/c1-7-6-11(8(7)2)9(12)13-10(3,4)5/h7-8H,6H2,1-5H3/t7-,8?/m1/s1. The molecule has 1 unspecified atom stereocenters. The molecule has 0 saturated carbocycles. The highest BCUT2D eigenvalue weighted by Gasteiger charge is 2.37. The van der Waals surface area contributed by atoms with Gasteiger partial charge in [0.05, 0.1) is 0 Å². The summed E-state index contributed by atoms with van der Waals surface area (Å²) in [7, 11) is 0. The van der Waals surface area contributed by atoms with Crippen LogP contribution in [0.4, 0.5) is 4.79 Å². The van der Waals surface area contributed by atoms with Crippen LogP contribution in [0.2, 0.25) is 0 Å². The molecule has 0 radical (unpaired) electrons. The SMILES string of the molecule is CC1[C@H](C)CN1C(=O)OC(C)(C)C. The van der Waals surface area contributed by atoms with Gasteiger partial charge in [0, 0.05) is 12.6 Å². The van der Waals surface area contributed by atoms with Gasteiger partial charge in [-0.2, -0.15) is 0 Å². The van der Waals surface area contributed by atoms with Crippen molar-refractivity contribution in [2.45, 2.75) is 46.3 Å². The van der Waals surface area contributed by atoms with E-state index >= 15 is 0 Å². The summed E-state index contributed by atoms with van der Waals surface area (Å²) in [6.45, 7) is 10.7. The van der Waals surface area contributed by atoms with Gasteiger partial charge in [0.1, 0.15) is 5.60 Å². The van der Waals surface area contributed by atoms with Gasteiger partial charge in [0.15, 0.2) is 0 Å². The molecule has 0 aromatic heterocycles. The van der Waals surface area contributed by atoms with Crippen molar-refractivity contribution in [1.29, 1.82) is 0 Å². The fourth-order valence-electron chi connectivity index (χ4n) is 1.36. The molecule has 0 bridgehead atoms. The number of carbonyl (C=O) groups excluding carboxylic acids is 1. The molecular weight excluding hydrogens is 166 g/mol. The second-order valence-corrected chi connectivity index (χ2v) is 4.85. The molecule has 0 aliphatic carbocycles. The summed E-state index contributed by atoms with van der Waals surface area (Å²) in [4.78, 5) is 13.3. The monoisotopic (exact) mass is 185 g/mol. The van der Waals surface area contributed by atoms with Gasteiger partial charge in [-0.1, -0.05) is 6.92 Å². The zero-order valence-electron chi connectivity index (χ0n) is 9.13. The van der Waals surface area contributed by atoms with Gasteiger partial charge < -0.3 is 9.64 Å². The van der Waals surface area contributed by atoms with Gasteiger partial charge >= 0.3 is 6.09 Å². The topological polar surface area (TPSA) is 29.5 Å². The molecule has 1 saturated heterocycles. The third-order valence-corrected chi connectivity index (χ3v) is 2.43. The van der Waals surface area contributed by atoms with Crippen LogP contribution >= 0.6 is 0 Å². The molecule has 1 fully saturated rings. The van der Waals surface area contributed by atoms with Crippen molar-refractivity contribution in [2.24, 2.45) is 5.92 Å². The zero-order chi connectivity index (χ0) is 10.2. The molecule has 13 heavy (non-hydrogen) atoms. The Morgan fingerprint density at radius 3 is 2.23 bits per heavy atom. The van der Waals surface area contributed by atoms with E-state index in [-0.39, 0.29) is 11.7 Å². The minimum atomic E-state index is -0.379. The Kier molecular flexibility index (Phi) is 2.55. The van der Waals surface area contributed by atoms with Gasteiger partial charge in [-0.25, -0.2) is 4.79 Å². The van der Waals surface area contributed by atoms with Crippen LogP contribution in [-0.2, 0) is 4.74 Å². The summed E-state index contributed by atoms with van der Waals surface area (Å²) >= 11 is 0. The number of nitrogens with zero attached hydrogens (tertiary/aromatic N) is 1. The largest absolute Gasteiger partial charge is 0.444 e. The van der Waals surface area contributed by atoms with E-state index in [1.807, 2.05) is 20.8 Å². The van der Waals surface area contributed by atoms with Crippen molar-refractivity contribution < 1.29 is 9.53 Å². The molecule has 3 heteroatoms. The number of ether oxygens (including phenoxy) is 1. The third kappa shape index (κ3) is 2.36. The summed E-state index contributed by atoms with van der Waals surface area (Å²) in [5, 5.41) is 0. The average molecular weight is 185 g/mol. The highest BCUT2D eigenvalue weighted by Crippen LogP contribution is 2.25. The highest BCUT2D eigenvalue weighted by molar-refractivity contribution is 5.69. The Balaban J connectivity index is 2.42. The lowest BCUT2D eigenvalue weighted by Gasteiger charge is -2.44. The maximum absolute atomic E-state index is 11.5. The Labute approximate surface area is 80.1 Å². The maximum atomic E-state index is 11.5. The molecule has 2 atom stereocenters. The summed E-state index contributed by atoms with van der Waals surface area (Å²) in [6.07, 6.45) is -0.182. The van der Waals surface area contributed by atoms with Gasteiger partial charge in [0.2, 0.25) is 0 Å². The van der Waals surface area contributed by atoms with Crippen LogP contribution in [0, 0.1) is 5.92 Å². The van der Waals surface area contributed by atoms with Crippen molar-refractivity contribution >= 4 is 6.09 Å². The van der Waals surface area contributed by atoms with E-state index in [1.165, 1.54) is 0 Å². The first-order valence-electron chi connectivity index (χ1n) is 4.81. The van der Waals surface area contributed by atoms with Crippen molar-refractivity contribution in [3.63, 3.8) is 0 Å². The first kappa shape index (κ1) is 10.4. The molecule has 1 heterocycles. The molecule has 0 spiro atoms. The van der Waals surface area contributed by atoms with E-state index in [9.17, 15) is 4.79 Å². The van der Waals surface area contributed by atoms with Crippen LogP contribution in [0.1, 0.15) is 34.6 Å². The number of hydrogen-bond donors (Lipinski definition) is 0. The average Bonchev–Trinajstić information content (AvgIpc) is 1.95. The van der Waals surface area contributed by atoms with Crippen LogP contribution in [0.25, 0.3) is 0 Å². The second-order valence-electron chi connectivity index (χ2n) is 4.85. The summed E-state index contributed by atoms with van der Waals surface area (Å²) < 4.78 is 5.25. The van der Waals surface area contributed by atoms with E-state index in [0.717, 1.165) is 6.54 Å². The van der Waals surface area contributed by atoms with E-state index in [1.54, 1.807) is 4.90 Å². The first-order chi connectivity index (χ1) is 5.81. The summed E-state index contributed by atoms with van der Waals surface area (Å²) in [5.41, 5.74) is -0.379.